The number of esters is 2. The van der Waals surface area contributed by atoms with Crippen molar-refractivity contribution in [2.75, 3.05) is 26.4 Å². The van der Waals surface area contributed by atoms with Crippen molar-refractivity contribution in [1.29, 1.82) is 0 Å². The summed E-state index contributed by atoms with van der Waals surface area (Å²) in [4.78, 5) is 21.9. The number of hydrogen-bond donors (Lipinski definition) is 2. The minimum Gasteiger partial charge on any atom is -0.457 e. The van der Waals surface area contributed by atoms with E-state index in [0.717, 1.165) is 0 Å². The van der Waals surface area contributed by atoms with Gasteiger partial charge in [0.1, 0.15) is 0 Å². The second kappa shape index (κ2) is 10.4. The molecule has 0 aromatic rings. The number of ether oxygens (including phenoxy) is 2. The molecule has 0 radical (unpaired) electrons. The molecule has 0 spiro atoms. The molecule has 0 rings (SSSR count). The molecule has 0 aromatic heterocycles. The van der Waals surface area contributed by atoms with Crippen LogP contribution in [-0.4, -0.2) is 48.6 Å². The van der Waals surface area contributed by atoms with E-state index in [9.17, 15) is 9.59 Å². The van der Waals surface area contributed by atoms with Gasteiger partial charge in [-0.2, -0.15) is 0 Å². The van der Waals surface area contributed by atoms with Crippen molar-refractivity contribution in [2.24, 2.45) is 0 Å². The van der Waals surface area contributed by atoms with Crippen molar-refractivity contribution in [3.8, 4) is 0 Å². The van der Waals surface area contributed by atoms with Crippen LogP contribution in [0.1, 0.15) is 25.7 Å². The zero-order valence-electron chi connectivity index (χ0n) is 9.18. The minimum atomic E-state index is -1.01. The number of rotatable bonds is 8. The summed E-state index contributed by atoms with van der Waals surface area (Å²) in [6, 6.07) is 0. The highest BCUT2D eigenvalue weighted by Gasteiger charge is 2.16. The first-order chi connectivity index (χ1) is 7.72. The van der Waals surface area contributed by atoms with Gasteiger partial charge in [0.25, 0.3) is 0 Å². The van der Waals surface area contributed by atoms with Crippen LogP contribution in [0.5, 0.6) is 0 Å². The molecule has 0 aliphatic heterocycles. The second-order valence-electron chi connectivity index (χ2n) is 3.13. The third kappa shape index (κ3) is 8.19. The molecule has 0 fully saturated rings. The van der Waals surface area contributed by atoms with Crippen LogP contribution in [0, 0.1) is 0 Å². The van der Waals surface area contributed by atoms with Gasteiger partial charge in [-0.1, -0.05) is 0 Å². The quantitative estimate of drug-likeness (QED) is 0.338. The molecule has 2 N–H and O–H groups in total. The standard InChI is InChI=1S/C10H18O6/c11-5-1-3-7-15-9(13)10(14)16-8-4-2-6-12/h11-12H,1-8H2. The van der Waals surface area contributed by atoms with Gasteiger partial charge in [-0.15, -0.1) is 0 Å². The van der Waals surface area contributed by atoms with Crippen LogP contribution in [0.25, 0.3) is 0 Å². The summed E-state index contributed by atoms with van der Waals surface area (Å²) >= 11 is 0. The van der Waals surface area contributed by atoms with Crippen LogP contribution in [0.2, 0.25) is 0 Å². The van der Waals surface area contributed by atoms with Gasteiger partial charge in [-0.3, -0.25) is 0 Å². The lowest BCUT2D eigenvalue weighted by atomic mass is 10.3. The Bertz CT molecular complexity index is 181. The monoisotopic (exact) mass is 234 g/mol. The molecule has 6 nitrogen and oxygen atoms in total. The van der Waals surface area contributed by atoms with Gasteiger partial charge >= 0.3 is 11.9 Å². The van der Waals surface area contributed by atoms with Gasteiger partial charge in [0.2, 0.25) is 0 Å². The fraction of sp³-hybridized carbons (Fsp3) is 0.800. The number of aliphatic hydroxyl groups excluding tert-OH is 2. The van der Waals surface area contributed by atoms with E-state index in [1.807, 2.05) is 0 Å². The number of unbranched alkanes of at least 4 members (excludes halogenated alkanes) is 2. The maximum absolute atomic E-state index is 11.0. The van der Waals surface area contributed by atoms with Gasteiger partial charge in [-0.25, -0.2) is 9.59 Å². The first-order valence-corrected chi connectivity index (χ1v) is 5.28. The Morgan fingerprint density at radius 3 is 1.44 bits per heavy atom. The lowest BCUT2D eigenvalue weighted by Gasteiger charge is -2.04. The van der Waals surface area contributed by atoms with Gasteiger partial charge in [-0.05, 0) is 25.7 Å². The van der Waals surface area contributed by atoms with Gasteiger partial charge in [0.15, 0.2) is 0 Å². The summed E-state index contributed by atoms with van der Waals surface area (Å²) in [6.45, 7) is 0.266. The average Bonchev–Trinajstić information content (AvgIpc) is 2.29. The van der Waals surface area contributed by atoms with Crippen LogP contribution in [-0.2, 0) is 19.1 Å². The van der Waals surface area contributed by atoms with E-state index in [-0.39, 0.29) is 26.4 Å². The lowest BCUT2D eigenvalue weighted by molar-refractivity contribution is -0.167. The van der Waals surface area contributed by atoms with E-state index in [4.69, 9.17) is 10.2 Å². The average molecular weight is 234 g/mol. The largest absolute Gasteiger partial charge is 0.457 e. The Morgan fingerprint density at radius 2 is 1.12 bits per heavy atom. The first-order valence-electron chi connectivity index (χ1n) is 5.28. The van der Waals surface area contributed by atoms with Gasteiger partial charge in [0.05, 0.1) is 13.2 Å². The molecular weight excluding hydrogens is 216 g/mol. The highest BCUT2D eigenvalue weighted by molar-refractivity contribution is 6.29. The molecule has 0 saturated heterocycles. The van der Waals surface area contributed by atoms with Gasteiger partial charge < -0.3 is 19.7 Å². The molecule has 0 heterocycles. The Labute approximate surface area is 94.2 Å². The molecule has 0 amide bonds. The van der Waals surface area contributed by atoms with E-state index in [0.29, 0.717) is 25.7 Å². The highest BCUT2D eigenvalue weighted by Crippen LogP contribution is 1.93. The summed E-state index contributed by atoms with van der Waals surface area (Å²) in [6.07, 6.45) is 2.08. The third-order valence-electron chi connectivity index (χ3n) is 1.74. The van der Waals surface area contributed by atoms with E-state index in [1.165, 1.54) is 0 Å². The Kier molecular flexibility index (Phi) is 9.64. The number of aliphatic hydroxyl groups is 2. The van der Waals surface area contributed by atoms with Crippen molar-refractivity contribution >= 4 is 11.9 Å². The Hall–Kier alpha value is -1.14. The van der Waals surface area contributed by atoms with Crippen LogP contribution in [0.15, 0.2) is 0 Å². The predicted octanol–water partition coefficient (Wildman–Crippen LogP) is -0.382. The van der Waals surface area contributed by atoms with E-state index < -0.39 is 11.9 Å². The summed E-state index contributed by atoms with van der Waals surface area (Å²) in [7, 11) is 0. The van der Waals surface area contributed by atoms with Crippen LogP contribution in [0.3, 0.4) is 0 Å². The summed E-state index contributed by atoms with van der Waals surface area (Å²) < 4.78 is 9.18. The van der Waals surface area contributed by atoms with Crippen molar-refractivity contribution < 1.29 is 29.3 Å². The van der Waals surface area contributed by atoms with Crippen LogP contribution >= 0.6 is 0 Å². The Morgan fingerprint density at radius 1 is 0.750 bits per heavy atom. The molecule has 0 bridgehead atoms. The first kappa shape index (κ1) is 14.9. The van der Waals surface area contributed by atoms with Crippen molar-refractivity contribution in [3.63, 3.8) is 0 Å². The Balaban J connectivity index is 3.46. The molecule has 94 valence electrons. The fourth-order valence-electron chi connectivity index (χ4n) is 0.875. The topological polar surface area (TPSA) is 93.1 Å². The van der Waals surface area contributed by atoms with E-state index in [2.05, 4.69) is 9.47 Å². The highest BCUT2D eigenvalue weighted by atomic mass is 16.6. The maximum atomic E-state index is 11.0. The molecule has 16 heavy (non-hydrogen) atoms. The van der Waals surface area contributed by atoms with Crippen LogP contribution < -0.4 is 0 Å². The number of carbonyl (C=O) groups excluding carboxylic acids is 2. The fourth-order valence-corrected chi connectivity index (χ4v) is 0.875. The molecule has 0 unspecified atom stereocenters. The van der Waals surface area contributed by atoms with E-state index in [1.54, 1.807) is 0 Å². The van der Waals surface area contributed by atoms with Crippen molar-refractivity contribution in [1.82, 2.24) is 0 Å². The van der Waals surface area contributed by atoms with E-state index >= 15 is 0 Å². The molecule has 0 aliphatic carbocycles. The van der Waals surface area contributed by atoms with Crippen molar-refractivity contribution in [2.45, 2.75) is 25.7 Å². The number of hydrogen-bond acceptors (Lipinski definition) is 6. The summed E-state index contributed by atoms with van der Waals surface area (Å²) in [5.41, 5.74) is 0. The zero-order chi connectivity index (χ0) is 12.2. The molecule has 0 aliphatic rings. The molecule has 0 saturated carbocycles. The predicted molar refractivity (Wildman–Crippen MR) is 54.6 cm³/mol. The number of carbonyl (C=O) groups is 2. The SMILES string of the molecule is O=C(OCCCCO)C(=O)OCCCCO. The third-order valence-corrected chi connectivity index (χ3v) is 1.74. The molecule has 0 atom stereocenters. The normalized spacial score (nSPS) is 9.88. The lowest BCUT2D eigenvalue weighted by Crippen LogP contribution is -2.21. The van der Waals surface area contributed by atoms with Crippen molar-refractivity contribution in [3.05, 3.63) is 0 Å². The maximum Gasteiger partial charge on any atom is 0.417 e. The molecule has 0 aromatic carbocycles. The van der Waals surface area contributed by atoms with Gasteiger partial charge in [0, 0.05) is 13.2 Å². The minimum absolute atomic E-state index is 0.0309. The smallest absolute Gasteiger partial charge is 0.417 e. The zero-order valence-corrected chi connectivity index (χ0v) is 9.18. The second-order valence-corrected chi connectivity index (χ2v) is 3.13. The molecule has 6 heteroatoms. The van der Waals surface area contributed by atoms with Crippen LogP contribution in [0.4, 0.5) is 0 Å². The molecular formula is C10H18O6. The summed E-state index contributed by atoms with van der Waals surface area (Å²) in [5.74, 6) is -2.02. The summed E-state index contributed by atoms with van der Waals surface area (Å²) in [5, 5.41) is 16.9.